The van der Waals surface area contributed by atoms with Gasteiger partial charge in [-0.15, -0.1) is 0 Å². The number of fused-ring (bicyclic) bond motifs is 1. The van der Waals surface area contributed by atoms with Crippen LogP contribution in [0.1, 0.15) is 48.5 Å². The third-order valence-corrected chi connectivity index (χ3v) is 7.02. The van der Waals surface area contributed by atoms with Gasteiger partial charge in [0, 0.05) is 32.1 Å². The van der Waals surface area contributed by atoms with E-state index in [9.17, 15) is 14.4 Å². The number of ketones is 1. The molecule has 3 aromatic carbocycles. The summed E-state index contributed by atoms with van der Waals surface area (Å²) in [4.78, 5) is 42.4. The first kappa shape index (κ1) is 23.7. The van der Waals surface area contributed by atoms with E-state index in [1.165, 1.54) is 4.90 Å². The molecule has 1 saturated heterocycles. The lowest BCUT2D eigenvalue weighted by Gasteiger charge is -2.41. The van der Waals surface area contributed by atoms with E-state index < -0.39 is 5.41 Å². The van der Waals surface area contributed by atoms with E-state index in [2.05, 4.69) is 0 Å². The number of likely N-dealkylation sites (tertiary alicyclic amines) is 1. The van der Waals surface area contributed by atoms with Crippen molar-refractivity contribution in [2.45, 2.75) is 38.0 Å². The number of amides is 2. The maximum Gasteiger partial charge on any atom is 0.254 e. The van der Waals surface area contributed by atoms with Crippen molar-refractivity contribution < 1.29 is 14.4 Å². The molecule has 3 aromatic rings. The van der Waals surface area contributed by atoms with Crippen molar-refractivity contribution in [3.8, 4) is 0 Å². The Balaban J connectivity index is 1.42. The number of nitrogens with zero attached hydrogens (tertiary/aromatic N) is 2. The molecule has 0 aliphatic carbocycles. The van der Waals surface area contributed by atoms with E-state index in [0.29, 0.717) is 37.9 Å². The molecule has 5 nitrogen and oxygen atoms in total. The first-order chi connectivity index (χ1) is 16.4. The summed E-state index contributed by atoms with van der Waals surface area (Å²) in [6.45, 7) is 3.08. The first-order valence-corrected chi connectivity index (χ1v) is 12.1. The molecule has 1 fully saturated rings. The van der Waals surface area contributed by atoms with E-state index in [0.717, 1.165) is 22.8 Å². The van der Waals surface area contributed by atoms with Crippen LogP contribution < -0.4 is 0 Å². The zero-order valence-corrected chi connectivity index (χ0v) is 20.0. The van der Waals surface area contributed by atoms with Crippen LogP contribution in [0.25, 0.3) is 10.8 Å². The Morgan fingerprint density at radius 1 is 0.882 bits per heavy atom. The SMILES string of the molecule is CCCC(=O)C1(c2ccccc2)CCN(C(=O)CN(C)C(=O)c2ccc3ccccc3c2)CC1. The number of likely N-dealkylation sites (N-methyl/N-ethyl adjacent to an activating group) is 1. The molecule has 4 rings (SSSR count). The minimum atomic E-state index is -0.527. The summed E-state index contributed by atoms with van der Waals surface area (Å²) in [7, 11) is 1.67. The van der Waals surface area contributed by atoms with Gasteiger partial charge in [-0.3, -0.25) is 14.4 Å². The fourth-order valence-electron chi connectivity index (χ4n) is 5.01. The van der Waals surface area contributed by atoms with Gasteiger partial charge in [-0.2, -0.15) is 0 Å². The molecule has 5 heteroatoms. The fraction of sp³-hybridized carbons (Fsp3) is 0.345. The average molecular weight is 457 g/mol. The Bertz CT molecular complexity index is 1180. The standard InChI is InChI=1S/C29H32N2O3/c1-3-9-26(32)29(25-12-5-4-6-13-25)16-18-31(19-17-29)27(33)21-30(2)28(34)24-15-14-22-10-7-8-11-23(22)20-24/h4-8,10-15,20H,3,9,16-19,21H2,1-2H3. The molecule has 0 atom stereocenters. The van der Waals surface area contributed by atoms with E-state index in [1.54, 1.807) is 18.0 Å². The van der Waals surface area contributed by atoms with Crippen molar-refractivity contribution in [2.24, 2.45) is 0 Å². The quantitative estimate of drug-likeness (QED) is 0.511. The summed E-state index contributed by atoms with van der Waals surface area (Å²) in [5.74, 6) is 0.00556. The van der Waals surface area contributed by atoms with E-state index in [1.807, 2.05) is 73.7 Å². The molecular formula is C29H32N2O3. The highest BCUT2D eigenvalue weighted by molar-refractivity contribution is 6.00. The highest BCUT2D eigenvalue weighted by Crippen LogP contribution is 2.37. The second-order valence-electron chi connectivity index (χ2n) is 9.23. The van der Waals surface area contributed by atoms with Crippen molar-refractivity contribution in [2.75, 3.05) is 26.7 Å². The smallest absolute Gasteiger partial charge is 0.254 e. The lowest BCUT2D eigenvalue weighted by atomic mass is 9.68. The Morgan fingerprint density at radius 3 is 2.21 bits per heavy atom. The van der Waals surface area contributed by atoms with Crippen LogP contribution in [0.5, 0.6) is 0 Å². The van der Waals surface area contributed by atoms with Gasteiger partial charge in [0.2, 0.25) is 5.91 Å². The van der Waals surface area contributed by atoms with Gasteiger partial charge < -0.3 is 9.80 Å². The number of piperidine rings is 1. The van der Waals surface area contributed by atoms with Crippen molar-refractivity contribution >= 4 is 28.4 Å². The zero-order valence-electron chi connectivity index (χ0n) is 20.0. The van der Waals surface area contributed by atoms with Crippen LogP contribution in [0.3, 0.4) is 0 Å². The minimum absolute atomic E-state index is 0.0207. The molecular weight excluding hydrogens is 424 g/mol. The molecule has 176 valence electrons. The Labute approximate surface area is 201 Å². The third kappa shape index (κ3) is 4.74. The van der Waals surface area contributed by atoms with Crippen LogP contribution in [0.2, 0.25) is 0 Å². The van der Waals surface area contributed by atoms with Crippen molar-refractivity contribution in [3.63, 3.8) is 0 Å². The molecule has 0 radical (unpaired) electrons. The number of Topliss-reactive ketones (excluding diaryl/α,β-unsaturated/α-hetero) is 1. The van der Waals surface area contributed by atoms with Crippen LogP contribution in [-0.4, -0.2) is 54.1 Å². The zero-order chi connectivity index (χ0) is 24.1. The molecule has 0 bridgehead atoms. The van der Waals surface area contributed by atoms with Crippen LogP contribution in [0.4, 0.5) is 0 Å². The Morgan fingerprint density at radius 2 is 1.53 bits per heavy atom. The highest BCUT2D eigenvalue weighted by Gasteiger charge is 2.42. The minimum Gasteiger partial charge on any atom is -0.341 e. The fourth-order valence-corrected chi connectivity index (χ4v) is 5.01. The van der Waals surface area contributed by atoms with Gasteiger partial charge in [-0.05, 0) is 47.7 Å². The normalized spacial score (nSPS) is 15.2. The highest BCUT2D eigenvalue weighted by atomic mass is 16.2. The Kier molecular flexibility index (Phi) is 7.11. The number of rotatable bonds is 7. The first-order valence-electron chi connectivity index (χ1n) is 12.1. The second-order valence-corrected chi connectivity index (χ2v) is 9.23. The van der Waals surface area contributed by atoms with Gasteiger partial charge in [0.05, 0.1) is 12.0 Å². The molecule has 34 heavy (non-hydrogen) atoms. The number of carbonyl (C=O) groups excluding carboxylic acids is 3. The van der Waals surface area contributed by atoms with Gasteiger partial charge in [0.15, 0.2) is 0 Å². The topological polar surface area (TPSA) is 57.7 Å². The predicted molar refractivity (Wildman–Crippen MR) is 135 cm³/mol. The summed E-state index contributed by atoms with van der Waals surface area (Å²) >= 11 is 0. The number of benzene rings is 3. The predicted octanol–water partition coefficient (Wildman–Crippen LogP) is 4.84. The van der Waals surface area contributed by atoms with Gasteiger partial charge in [0.1, 0.15) is 5.78 Å². The number of hydrogen-bond donors (Lipinski definition) is 0. The average Bonchev–Trinajstić information content (AvgIpc) is 2.88. The lowest BCUT2D eigenvalue weighted by Crippen LogP contribution is -2.51. The van der Waals surface area contributed by atoms with Crippen molar-refractivity contribution in [3.05, 3.63) is 83.9 Å². The van der Waals surface area contributed by atoms with Crippen LogP contribution in [0.15, 0.2) is 72.8 Å². The number of hydrogen-bond acceptors (Lipinski definition) is 3. The molecule has 1 aliphatic heterocycles. The molecule has 0 N–H and O–H groups in total. The third-order valence-electron chi connectivity index (χ3n) is 7.02. The summed E-state index contributed by atoms with van der Waals surface area (Å²) < 4.78 is 0. The molecule has 0 unspecified atom stereocenters. The van der Waals surface area contributed by atoms with E-state index in [4.69, 9.17) is 0 Å². The maximum absolute atomic E-state index is 13.2. The molecule has 0 spiro atoms. The molecule has 2 amide bonds. The summed E-state index contributed by atoms with van der Waals surface area (Å²) in [6.07, 6.45) is 2.59. The molecule has 1 aliphatic rings. The van der Waals surface area contributed by atoms with Crippen LogP contribution >= 0.6 is 0 Å². The van der Waals surface area contributed by atoms with Crippen LogP contribution in [-0.2, 0) is 15.0 Å². The monoisotopic (exact) mass is 456 g/mol. The van der Waals surface area contributed by atoms with E-state index >= 15 is 0 Å². The molecule has 0 saturated carbocycles. The molecule has 0 aromatic heterocycles. The van der Waals surface area contributed by atoms with Gasteiger partial charge in [-0.1, -0.05) is 67.6 Å². The van der Waals surface area contributed by atoms with Crippen molar-refractivity contribution in [1.29, 1.82) is 0 Å². The van der Waals surface area contributed by atoms with Gasteiger partial charge >= 0.3 is 0 Å². The summed E-state index contributed by atoms with van der Waals surface area (Å²) in [5, 5.41) is 2.07. The largest absolute Gasteiger partial charge is 0.341 e. The maximum atomic E-state index is 13.2. The summed E-state index contributed by atoms with van der Waals surface area (Å²) in [5.41, 5.74) is 1.09. The van der Waals surface area contributed by atoms with E-state index in [-0.39, 0.29) is 24.1 Å². The second kappa shape index (κ2) is 10.2. The van der Waals surface area contributed by atoms with Crippen LogP contribution in [0, 0.1) is 0 Å². The summed E-state index contributed by atoms with van der Waals surface area (Å²) in [6, 6.07) is 23.5. The van der Waals surface area contributed by atoms with Gasteiger partial charge in [-0.25, -0.2) is 0 Å². The lowest BCUT2D eigenvalue weighted by molar-refractivity contribution is -0.136. The van der Waals surface area contributed by atoms with Crippen molar-refractivity contribution in [1.82, 2.24) is 9.80 Å². The number of carbonyl (C=O) groups is 3. The molecule has 1 heterocycles. The Hall–Kier alpha value is -3.47. The van der Waals surface area contributed by atoms with Gasteiger partial charge in [0.25, 0.3) is 5.91 Å².